The van der Waals surface area contributed by atoms with Crippen LogP contribution in [0.1, 0.15) is 11.3 Å². The standard InChI is InChI=1S/C21H17N3O2S/c1-16-14-20(22-15-17-8-4-2-5-9-17)19-12-13-24(21(19)23-16)27(25,26)18-10-6-3-7-11-18/h2-15H,1H3. The predicted molar refractivity (Wildman–Crippen MR) is 107 cm³/mol. The van der Waals surface area contributed by atoms with Gasteiger partial charge < -0.3 is 0 Å². The number of hydrogen-bond donors (Lipinski definition) is 0. The fourth-order valence-corrected chi connectivity index (χ4v) is 4.20. The summed E-state index contributed by atoms with van der Waals surface area (Å²) in [4.78, 5) is 9.24. The molecule has 2 aromatic carbocycles. The summed E-state index contributed by atoms with van der Waals surface area (Å²) in [6.07, 6.45) is 3.29. The Morgan fingerprint density at radius 1 is 0.963 bits per heavy atom. The molecule has 0 amide bonds. The van der Waals surface area contributed by atoms with Crippen molar-refractivity contribution in [3.05, 3.63) is 90.3 Å². The molecule has 0 saturated carbocycles. The Hall–Kier alpha value is -3.25. The van der Waals surface area contributed by atoms with Crippen LogP contribution in [0.4, 0.5) is 5.69 Å². The second-order valence-electron chi connectivity index (χ2n) is 6.12. The monoisotopic (exact) mass is 375 g/mol. The van der Waals surface area contributed by atoms with Crippen LogP contribution in [-0.2, 0) is 10.0 Å². The molecule has 0 aliphatic heterocycles. The number of aromatic nitrogens is 2. The van der Waals surface area contributed by atoms with E-state index in [0.29, 0.717) is 22.4 Å². The maximum absolute atomic E-state index is 13.0. The molecular formula is C21H17N3O2S. The third kappa shape index (κ3) is 3.27. The zero-order valence-electron chi connectivity index (χ0n) is 14.6. The van der Waals surface area contributed by atoms with Gasteiger partial charge >= 0.3 is 0 Å². The highest BCUT2D eigenvalue weighted by Gasteiger charge is 2.20. The highest BCUT2D eigenvalue weighted by molar-refractivity contribution is 7.90. The van der Waals surface area contributed by atoms with Crippen molar-refractivity contribution in [3.63, 3.8) is 0 Å². The molecule has 0 unspecified atom stereocenters. The van der Waals surface area contributed by atoms with Crippen LogP contribution < -0.4 is 0 Å². The van der Waals surface area contributed by atoms with Crippen LogP contribution in [0, 0.1) is 6.92 Å². The number of benzene rings is 2. The van der Waals surface area contributed by atoms with E-state index in [0.717, 1.165) is 5.56 Å². The fourth-order valence-electron chi connectivity index (χ4n) is 2.88. The van der Waals surface area contributed by atoms with Crippen molar-refractivity contribution in [2.24, 2.45) is 4.99 Å². The lowest BCUT2D eigenvalue weighted by Gasteiger charge is -2.08. The average molecular weight is 375 g/mol. The first-order valence-corrected chi connectivity index (χ1v) is 9.88. The summed E-state index contributed by atoms with van der Waals surface area (Å²) >= 11 is 0. The third-order valence-corrected chi connectivity index (χ3v) is 5.86. The highest BCUT2D eigenvalue weighted by atomic mass is 32.2. The predicted octanol–water partition coefficient (Wildman–Crippen LogP) is 4.33. The largest absolute Gasteiger partial charge is 0.269 e. The van der Waals surface area contributed by atoms with Gasteiger partial charge in [0.2, 0.25) is 0 Å². The van der Waals surface area contributed by atoms with Crippen molar-refractivity contribution in [2.45, 2.75) is 11.8 Å². The molecule has 0 fully saturated rings. The maximum Gasteiger partial charge on any atom is 0.269 e. The number of pyridine rings is 1. The average Bonchev–Trinajstić information content (AvgIpc) is 3.12. The van der Waals surface area contributed by atoms with Gasteiger partial charge in [0.25, 0.3) is 10.0 Å². The van der Waals surface area contributed by atoms with Crippen LogP contribution in [0.3, 0.4) is 0 Å². The molecule has 0 bridgehead atoms. The normalized spacial score (nSPS) is 12.0. The van der Waals surface area contributed by atoms with E-state index in [-0.39, 0.29) is 4.90 Å². The van der Waals surface area contributed by atoms with Crippen LogP contribution in [0.15, 0.2) is 88.9 Å². The minimum atomic E-state index is -3.72. The molecule has 27 heavy (non-hydrogen) atoms. The van der Waals surface area contributed by atoms with Gasteiger partial charge in [-0.3, -0.25) is 4.99 Å². The molecular weight excluding hydrogens is 358 g/mol. The first-order valence-electron chi connectivity index (χ1n) is 8.44. The molecule has 6 heteroatoms. The van der Waals surface area contributed by atoms with Crippen LogP contribution in [0.5, 0.6) is 0 Å². The van der Waals surface area contributed by atoms with Gasteiger partial charge in [0.15, 0.2) is 5.65 Å². The zero-order chi connectivity index (χ0) is 18.9. The maximum atomic E-state index is 13.0. The van der Waals surface area contributed by atoms with Crippen molar-refractivity contribution in [1.29, 1.82) is 0 Å². The van der Waals surface area contributed by atoms with Gasteiger partial charge in [-0.2, -0.15) is 0 Å². The highest BCUT2D eigenvalue weighted by Crippen LogP contribution is 2.29. The van der Waals surface area contributed by atoms with Gasteiger partial charge in [-0.1, -0.05) is 48.5 Å². The molecule has 4 aromatic rings. The van der Waals surface area contributed by atoms with Gasteiger partial charge in [0.1, 0.15) is 0 Å². The summed E-state index contributed by atoms with van der Waals surface area (Å²) in [6, 6.07) is 21.7. The summed E-state index contributed by atoms with van der Waals surface area (Å²) in [5, 5.41) is 0.687. The summed E-state index contributed by atoms with van der Waals surface area (Å²) in [5.74, 6) is 0. The van der Waals surface area contributed by atoms with E-state index in [1.807, 2.05) is 43.3 Å². The Morgan fingerprint density at radius 2 is 1.63 bits per heavy atom. The molecule has 0 radical (unpaired) electrons. The zero-order valence-corrected chi connectivity index (χ0v) is 15.5. The van der Waals surface area contributed by atoms with Crippen LogP contribution in [0.2, 0.25) is 0 Å². The lowest BCUT2D eigenvalue weighted by Crippen LogP contribution is -2.12. The van der Waals surface area contributed by atoms with Gasteiger partial charge in [0.05, 0.1) is 10.6 Å². The number of hydrogen-bond acceptors (Lipinski definition) is 4. The lowest BCUT2D eigenvalue weighted by molar-refractivity contribution is 0.589. The number of rotatable bonds is 4. The number of aryl methyl sites for hydroxylation is 1. The van der Waals surface area contributed by atoms with Crippen molar-refractivity contribution in [1.82, 2.24) is 8.96 Å². The molecule has 0 aliphatic carbocycles. The first-order chi connectivity index (χ1) is 13.1. The Morgan fingerprint density at radius 3 is 2.33 bits per heavy atom. The van der Waals surface area contributed by atoms with E-state index in [4.69, 9.17) is 0 Å². The molecule has 4 rings (SSSR count). The Labute approximate surface area is 157 Å². The van der Waals surface area contributed by atoms with Crippen molar-refractivity contribution < 1.29 is 8.42 Å². The number of aliphatic imine (C=N–C) groups is 1. The second-order valence-corrected chi connectivity index (χ2v) is 7.93. The summed E-state index contributed by atoms with van der Waals surface area (Å²) in [5.41, 5.74) is 2.73. The van der Waals surface area contributed by atoms with E-state index in [1.165, 1.54) is 10.2 Å². The van der Waals surface area contributed by atoms with Crippen molar-refractivity contribution in [2.75, 3.05) is 0 Å². The summed E-state index contributed by atoms with van der Waals surface area (Å²) < 4.78 is 27.2. The fraction of sp³-hybridized carbons (Fsp3) is 0.0476. The minimum Gasteiger partial charge on any atom is -0.255 e. The molecule has 134 valence electrons. The van der Waals surface area contributed by atoms with E-state index < -0.39 is 10.0 Å². The van der Waals surface area contributed by atoms with Crippen LogP contribution in [-0.4, -0.2) is 23.6 Å². The quantitative estimate of drug-likeness (QED) is 0.499. The van der Waals surface area contributed by atoms with Gasteiger partial charge in [-0.25, -0.2) is 17.4 Å². The lowest BCUT2D eigenvalue weighted by atomic mass is 10.2. The molecule has 0 atom stereocenters. The van der Waals surface area contributed by atoms with E-state index >= 15 is 0 Å². The number of fused-ring (bicyclic) bond motifs is 1. The van der Waals surface area contributed by atoms with Crippen LogP contribution >= 0.6 is 0 Å². The van der Waals surface area contributed by atoms with E-state index in [9.17, 15) is 8.42 Å². The SMILES string of the molecule is Cc1cc(N=Cc2ccccc2)c2ccn(S(=O)(=O)c3ccccc3)c2n1. The van der Waals surface area contributed by atoms with Crippen molar-refractivity contribution in [3.8, 4) is 0 Å². The van der Waals surface area contributed by atoms with Gasteiger partial charge in [0, 0.05) is 23.5 Å². The van der Waals surface area contributed by atoms with E-state index in [2.05, 4.69) is 9.98 Å². The Bertz CT molecular complexity index is 1230. The Balaban J connectivity index is 1.85. The van der Waals surface area contributed by atoms with Crippen LogP contribution in [0.25, 0.3) is 11.0 Å². The molecule has 2 heterocycles. The van der Waals surface area contributed by atoms with Crippen molar-refractivity contribution >= 4 is 33.0 Å². The summed E-state index contributed by atoms with van der Waals surface area (Å²) in [6.45, 7) is 1.83. The molecule has 0 spiro atoms. The third-order valence-electron chi connectivity index (χ3n) is 4.18. The first kappa shape index (κ1) is 17.2. The molecule has 5 nitrogen and oxygen atoms in total. The molecule has 2 aromatic heterocycles. The van der Waals surface area contributed by atoms with Gasteiger partial charge in [-0.15, -0.1) is 0 Å². The second kappa shape index (κ2) is 6.81. The number of nitrogens with zero attached hydrogens (tertiary/aromatic N) is 3. The molecule has 0 saturated heterocycles. The molecule has 0 aliphatic rings. The van der Waals surface area contributed by atoms with Gasteiger partial charge in [-0.05, 0) is 36.8 Å². The topological polar surface area (TPSA) is 64.3 Å². The van der Waals surface area contributed by atoms with E-state index in [1.54, 1.807) is 42.6 Å². The Kier molecular flexibility index (Phi) is 4.33. The summed E-state index contributed by atoms with van der Waals surface area (Å²) in [7, 11) is -3.72. The minimum absolute atomic E-state index is 0.222. The smallest absolute Gasteiger partial charge is 0.255 e. The molecule has 0 N–H and O–H groups in total.